The van der Waals surface area contributed by atoms with Crippen LogP contribution in [0.2, 0.25) is 0 Å². The second-order valence-electron chi connectivity index (χ2n) is 6.71. The number of carbonyl (C=O) groups excluding carboxylic acids is 1. The highest BCUT2D eigenvalue weighted by molar-refractivity contribution is 5.76. The molecular weight excluding hydrogens is 357 g/mol. The summed E-state index contributed by atoms with van der Waals surface area (Å²) in [6.45, 7) is 5.42. The van der Waals surface area contributed by atoms with Crippen molar-refractivity contribution in [2.75, 3.05) is 31.6 Å². The molecule has 0 saturated carbocycles. The molecule has 2 rings (SSSR count). The maximum atomic E-state index is 13.0. The highest BCUT2D eigenvalue weighted by Crippen LogP contribution is 2.24. The minimum atomic E-state index is -0.632. The van der Waals surface area contributed by atoms with Gasteiger partial charge in [-0.3, -0.25) is 0 Å². The van der Waals surface area contributed by atoms with Crippen LogP contribution in [0.3, 0.4) is 0 Å². The summed E-state index contributed by atoms with van der Waals surface area (Å²) in [5.41, 5.74) is 0.724. The lowest BCUT2D eigenvalue weighted by Gasteiger charge is -2.20. The molecular formula is C18H24FN3O5. The number of fused-ring (bicyclic) bond motifs is 1. The number of aliphatic hydroxyl groups is 1. The van der Waals surface area contributed by atoms with E-state index >= 15 is 0 Å². The van der Waals surface area contributed by atoms with Gasteiger partial charge in [-0.25, -0.2) is 9.18 Å². The fraction of sp³-hybridized carbons (Fsp3) is 0.444. The topological polar surface area (TPSA) is 106 Å². The first-order chi connectivity index (χ1) is 12.8. The first-order valence-electron chi connectivity index (χ1n) is 8.44. The Bertz CT molecular complexity index is 798. The van der Waals surface area contributed by atoms with Crippen LogP contribution in [0.15, 0.2) is 34.5 Å². The molecule has 0 atom stereocenters. The Morgan fingerprint density at radius 3 is 2.85 bits per heavy atom. The molecule has 0 aliphatic heterocycles. The molecule has 0 spiro atoms. The molecule has 0 aliphatic rings. The van der Waals surface area contributed by atoms with Crippen LogP contribution in [0, 0.1) is 0 Å². The van der Waals surface area contributed by atoms with Crippen LogP contribution in [-0.2, 0) is 4.74 Å². The van der Waals surface area contributed by atoms with E-state index in [9.17, 15) is 9.18 Å². The number of rotatable bonds is 8. The van der Waals surface area contributed by atoms with E-state index in [1.54, 1.807) is 39.0 Å². The summed E-state index contributed by atoms with van der Waals surface area (Å²) >= 11 is 0. The zero-order valence-electron chi connectivity index (χ0n) is 15.5. The molecule has 0 aliphatic carbocycles. The Morgan fingerprint density at radius 2 is 2.19 bits per heavy atom. The number of benzene rings is 1. The Morgan fingerprint density at radius 1 is 1.41 bits per heavy atom. The van der Waals surface area contributed by atoms with Crippen molar-refractivity contribution in [1.29, 1.82) is 0 Å². The van der Waals surface area contributed by atoms with Crippen LogP contribution >= 0.6 is 0 Å². The van der Waals surface area contributed by atoms with E-state index in [2.05, 4.69) is 15.6 Å². The molecule has 1 amide bonds. The lowest BCUT2D eigenvalue weighted by Crippen LogP contribution is -2.34. The Balaban J connectivity index is 1.89. The van der Waals surface area contributed by atoms with Crippen LogP contribution in [-0.4, -0.2) is 48.1 Å². The van der Waals surface area contributed by atoms with Gasteiger partial charge in [0.2, 0.25) is 0 Å². The summed E-state index contributed by atoms with van der Waals surface area (Å²) in [5.74, 6) is 0.462. The number of hydrogen-bond donors (Lipinski definition) is 3. The van der Waals surface area contributed by atoms with Crippen LogP contribution in [0.4, 0.5) is 15.2 Å². The number of nitrogens with zero attached hydrogens (tertiary/aromatic N) is 1. The summed E-state index contributed by atoms with van der Waals surface area (Å²) < 4.78 is 29.2. The van der Waals surface area contributed by atoms with Crippen molar-refractivity contribution < 1.29 is 28.2 Å². The molecule has 148 valence electrons. The van der Waals surface area contributed by atoms with Crippen LogP contribution in [0.25, 0.3) is 11.1 Å². The number of nitrogens with one attached hydrogen (secondary N) is 2. The number of carbonyl (C=O) groups is 1. The molecule has 9 heteroatoms. The fourth-order valence-electron chi connectivity index (χ4n) is 2.03. The molecule has 8 nitrogen and oxygen atoms in total. The number of hydrogen-bond acceptors (Lipinski definition) is 7. The molecule has 3 N–H and O–H groups in total. The predicted molar refractivity (Wildman–Crippen MR) is 98.5 cm³/mol. The largest absolute Gasteiger partial charge is 0.489 e. The van der Waals surface area contributed by atoms with E-state index in [1.165, 1.54) is 0 Å². The molecule has 0 bridgehead atoms. The number of ether oxygens (including phenoxy) is 2. The lowest BCUT2D eigenvalue weighted by atomic mass is 10.2. The van der Waals surface area contributed by atoms with Crippen LogP contribution < -0.4 is 15.4 Å². The molecule has 0 unspecified atom stereocenters. The van der Waals surface area contributed by atoms with Crippen molar-refractivity contribution in [1.82, 2.24) is 10.3 Å². The van der Waals surface area contributed by atoms with Gasteiger partial charge < -0.3 is 29.6 Å². The minimum Gasteiger partial charge on any atom is -0.489 e. The fourth-order valence-corrected chi connectivity index (χ4v) is 2.03. The average molecular weight is 381 g/mol. The van der Waals surface area contributed by atoms with Crippen LogP contribution in [0.1, 0.15) is 20.8 Å². The molecule has 1 aromatic carbocycles. The monoisotopic (exact) mass is 381 g/mol. The number of aromatic nitrogens is 1. The van der Waals surface area contributed by atoms with Crippen molar-refractivity contribution in [3.05, 3.63) is 30.1 Å². The van der Waals surface area contributed by atoms with E-state index in [0.717, 1.165) is 0 Å². The van der Waals surface area contributed by atoms with E-state index in [-0.39, 0.29) is 25.3 Å². The van der Waals surface area contributed by atoms with Gasteiger partial charge in [-0.1, -0.05) is 0 Å². The molecule has 0 saturated heterocycles. The third kappa shape index (κ3) is 6.78. The molecule has 1 aromatic heterocycles. The maximum Gasteiger partial charge on any atom is 0.407 e. The van der Waals surface area contributed by atoms with Gasteiger partial charge in [0.15, 0.2) is 5.58 Å². The van der Waals surface area contributed by atoms with E-state index in [1.807, 2.05) is 0 Å². The maximum absolute atomic E-state index is 13.0. The summed E-state index contributed by atoms with van der Waals surface area (Å²) in [5, 5.41) is 14.1. The van der Waals surface area contributed by atoms with Crippen molar-refractivity contribution in [3.8, 4) is 5.75 Å². The SMILES string of the molecule is CC(C)(C)OC(=O)NC/C(=C\F)COc1ccc2nc(NCCO)oc2c1. The Hall–Kier alpha value is -2.81. The molecule has 0 radical (unpaired) electrons. The van der Waals surface area contributed by atoms with Crippen LogP contribution in [0.5, 0.6) is 5.75 Å². The van der Waals surface area contributed by atoms with E-state index < -0.39 is 11.7 Å². The second-order valence-corrected chi connectivity index (χ2v) is 6.71. The highest BCUT2D eigenvalue weighted by atomic mass is 19.1. The summed E-state index contributed by atoms with van der Waals surface area (Å²) in [4.78, 5) is 15.8. The van der Waals surface area contributed by atoms with Crippen molar-refractivity contribution >= 4 is 23.2 Å². The van der Waals surface area contributed by atoms with Crippen molar-refractivity contribution in [2.45, 2.75) is 26.4 Å². The highest BCUT2D eigenvalue weighted by Gasteiger charge is 2.16. The van der Waals surface area contributed by atoms with E-state index in [4.69, 9.17) is 19.0 Å². The minimum absolute atomic E-state index is 0.0365. The number of halogens is 1. The molecule has 1 heterocycles. The Labute approximate surface area is 156 Å². The summed E-state index contributed by atoms with van der Waals surface area (Å²) in [7, 11) is 0. The normalized spacial score (nSPS) is 12.1. The summed E-state index contributed by atoms with van der Waals surface area (Å²) in [6.07, 6.45) is -0.241. The Kier molecular flexibility index (Phi) is 7.00. The zero-order chi connectivity index (χ0) is 19.9. The van der Waals surface area contributed by atoms with E-state index in [0.29, 0.717) is 35.7 Å². The quantitative estimate of drug-likeness (QED) is 0.645. The first kappa shape index (κ1) is 20.5. The predicted octanol–water partition coefficient (Wildman–Crippen LogP) is 2.99. The number of amides is 1. The van der Waals surface area contributed by atoms with Gasteiger partial charge in [-0.15, -0.1) is 0 Å². The number of anilines is 1. The van der Waals surface area contributed by atoms with Gasteiger partial charge in [-0.05, 0) is 32.9 Å². The van der Waals surface area contributed by atoms with Gasteiger partial charge in [0.25, 0.3) is 6.01 Å². The molecule has 27 heavy (non-hydrogen) atoms. The van der Waals surface area contributed by atoms with Crippen molar-refractivity contribution in [3.63, 3.8) is 0 Å². The second kappa shape index (κ2) is 9.22. The molecule has 0 fully saturated rings. The number of oxazole rings is 1. The van der Waals surface area contributed by atoms with Crippen molar-refractivity contribution in [2.24, 2.45) is 0 Å². The lowest BCUT2D eigenvalue weighted by molar-refractivity contribution is 0.0531. The smallest absolute Gasteiger partial charge is 0.407 e. The van der Waals surface area contributed by atoms with Gasteiger partial charge >= 0.3 is 6.09 Å². The number of alkyl carbamates (subject to hydrolysis) is 1. The zero-order valence-corrected chi connectivity index (χ0v) is 15.5. The van der Waals surface area contributed by atoms with Gasteiger partial charge in [0.1, 0.15) is 23.5 Å². The standard InChI is InChI=1S/C18H24FN3O5/c1-18(2,3)27-17(24)21-10-12(9-19)11-25-13-4-5-14-15(8-13)26-16(22-14)20-6-7-23/h4-5,8-9,23H,6-7,10-11H2,1-3H3,(H,20,22)(H,21,24)/b12-9+. The summed E-state index contributed by atoms with van der Waals surface area (Å²) in [6, 6.07) is 5.31. The average Bonchev–Trinajstić information content (AvgIpc) is 3.00. The van der Waals surface area contributed by atoms with Gasteiger partial charge in [-0.2, -0.15) is 4.98 Å². The first-order valence-corrected chi connectivity index (χ1v) is 8.44. The number of aliphatic hydroxyl groups excluding tert-OH is 1. The van der Waals surface area contributed by atoms with Gasteiger partial charge in [0, 0.05) is 24.7 Å². The third-order valence-corrected chi connectivity index (χ3v) is 3.19. The molecule has 2 aromatic rings. The third-order valence-electron chi connectivity index (χ3n) is 3.19. The van der Waals surface area contributed by atoms with Gasteiger partial charge in [0.05, 0.1) is 12.9 Å².